The van der Waals surface area contributed by atoms with Gasteiger partial charge in [0.15, 0.2) is 0 Å². The predicted octanol–water partition coefficient (Wildman–Crippen LogP) is 15.3. The quantitative estimate of drug-likeness (QED) is 0.0587. The highest BCUT2D eigenvalue weighted by Crippen LogP contribution is 2.61. The van der Waals surface area contributed by atoms with Crippen molar-refractivity contribution in [3.63, 3.8) is 0 Å². The topological polar surface area (TPSA) is 224 Å². The van der Waals surface area contributed by atoms with Crippen molar-refractivity contribution in [2.75, 3.05) is 0 Å². The van der Waals surface area contributed by atoms with Crippen LogP contribution >= 0.6 is 0 Å². The molecule has 12 nitrogen and oxygen atoms in total. The molecule has 0 bridgehead atoms. The van der Waals surface area contributed by atoms with Crippen LogP contribution in [0.25, 0.3) is 163 Å². The summed E-state index contributed by atoms with van der Waals surface area (Å²) in [4.78, 5) is 75.6. The second-order valence-electron chi connectivity index (χ2n) is 20.5. The van der Waals surface area contributed by atoms with Gasteiger partial charge in [0.25, 0.3) is 0 Å². The Hall–Kier alpha value is -11.0. The monoisotopic (exact) mass is 1010 g/mol. The van der Waals surface area contributed by atoms with Crippen LogP contribution in [0.1, 0.15) is 62.1 Å². The molecular weight excluding hydrogens is 985 g/mol. The van der Waals surface area contributed by atoms with Crippen LogP contribution in [0.15, 0.2) is 146 Å². The maximum atomic E-state index is 12.6. The zero-order chi connectivity index (χ0) is 53.2. The van der Waals surface area contributed by atoms with E-state index in [2.05, 4.69) is 36.4 Å². The van der Waals surface area contributed by atoms with E-state index < -0.39 is 35.8 Å². The van der Waals surface area contributed by atoms with Crippen molar-refractivity contribution in [3.05, 3.63) is 179 Å². The van der Waals surface area contributed by atoms with Crippen LogP contribution in [0.5, 0.6) is 0 Å². The summed E-state index contributed by atoms with van der Waals surface area (Å²) < 4.78 is 0. The van der Waals surface area contributed by atoms with Gasteiger partial charge in [-0.2, -0.15) is 0 Å². The molecule has 366 valence electrons. The Morgan fingerprint density at radius 2 is 0.346 bits per heavy atom. The van der Waals surface area contributed by atoms with Crippen molar-refractivity contribution in [1.82, 2.24) is 0 Å². The summed E-state index contributed by atoms with van der Waals surface area (Å²) in [6, 6.07) is 42.7. The van der Waals surface area contributed by atoms with Crippen LogP contribution in [0.3, 0.4) is 0 Å². The number of hydrogen-bond donors (Lipinski definition) is 6. The first-order chi connectivity index (χ1) is 37.6. The van der Waals surface area contributed by atoms with Crippen molar-refractivity contribution in [2.24, 2.45) is 0 Å². The molecule has 0 aromatic heterocycles. The molecule has 0 aliphatic rings. The van der Waals surface area contributed by atoms with Gasteiger partial charge in [-0.1, -0.05) is 54.6 Å². The lowest BCUT2D eigenvalue weighted by atomic mass is 9.72. The van der Waals surface area contributed by atoms with Crippen LogP contribution < -0.4 is 0 Å². The van der Waals surface area contributed by atoms with Gasteiger partial charge in [0.05, 0.1) is 33.4 Å². The number of carboxylic acids is 6. The van der Waals surface area contributed by atoms with Gasteiger partial charge in [0.2, 0.25) is 0 Å². The lowest BCUT2D eigenvalue weighted by molar-refractivity contribution is 0.0676. The first-order valence-electron chi connectivity index (χ1n) is 24.7. The van der Waals surface area contributed by atoms with Crippen LogP contribution in [0.4, 0.5) is 0 Å². The molecule has 0 atom stereocenters. The molecule has 0 heterocycles. The fraction of sp³-hybridized carbons (Fsp3) is 0. The average Bonchev–Trinajstić information content (AvgIpc) is 3.14. The van der Waals surface area contributed by atoms with E-state index in [0.29, 0.717) is 33.4 Å². The molecule has 0 saturated carbocycles. The molecular formula is C66H30O12. The molecule has 16 rings (SSSR count). The number of fused-ring (bicyclic) bond motifs is 6. The Morgan fingerprint density at radius 1 is 0.192 bits per heavy atom. The minimum Gasteiger partial charge on any atom is -0.478 e. The first-order valence-corrected chi connectivity index (χ1v) is 24.7. The summed E-state index contributed by atoms with van der Waals surface area (Å²) in [6.45, 7) is 0. The van der Waals surface area contributed by atoms with E-state index in [9.17, 15) is 59.4 Å². The van der Waals surface area contributed by atoms with Crippen molar-refractivity contribution < 1.29 is 59.4 Å². The molecule has 16 aromatic carbocycles. The highest BCUT2D eigenvalue weighted by atomic mass is 16.4. The third kappa shape index (κ3) is 5.36. The lowest BCUT2D eigenvalue weighted by Gasteiger charge is -2.29. The fourth-order valence-corrected chi connectivity index (χ4v) is 13.7. The van der Waals surface area contributed by atoms with Crippen LogP contribution in [0, 0.1) is 0 Å². The summed E-state index contributed by atoms with van der Waals surface area (Å²) in [5.74, 6) is -7.71. The SMILES string of the molecule is O=C(O)c1cc(C(=O)O)cc(-c2cc3c4cccc5c6cc(-c7cc(C(=O)O)cc(C(=O)O)c7)cc7c8cccc9c%10cc(-c%11cc(C(=O)O)cc(C(=O)O)c%11)cc%11c%12cccc%13c(c2)c3c2c(c45)c(c67)c(c89)c(c%11%10)c2c%13%12)c1. The van der Waals surface area contributed by atoms with Crippen LogP contribution in [-0.2, 0) is 0 Å². The smallest absolute Gasteiger partial charge is 0.335 e. The maximum Gasteiger partial charge on any atom is 0.335 e. The molecule has 0 amide bonds. The number of rotatable bonds is 9. The Kier molecular flexibility index (Phi) is 8.04. The Balaban J connectivity index is 1.19. The summed E-state index contributed by atoms with van der Waals surface area (Å²) in [6.07, 6.45) is 0. The number of carboxylic acid groups (broad SMARTS) is 6. The van der Waals surface area contributed by atoms with Crippen molar-refractivity contribution in [1.29, 1.82) is 0 Å². The van der Waals surface area contributed by atoms with E-state index in [1.807, 2.05) is 54.6 Å². The zero-order valence-corrected chi connectivity index (χ0v) is 40.0. The molecule has 0 saturated heterocycles. The molecule has 6 N–H and O–H groups in total. The second-order valence-corrected chi connectivity index (χ2v) is 20.5. The maximum absolute atomic E-state index is 12.6. The highest BCUT2D eigenvalue weighted by molar-refractivity contribution is 6.61. The van der Waals surface area contributed by atoms with Crippen molar-refractivity contribution in [3.8, 4) is 33.4 Å². The molecule has 0 radical (unpaired) electrons. The third-order valence-electron chi connectivity index (χ3n) is 16.6. The van der Waals surface area contributed by atoms with Crippen molar-refractivity contribution >= 4 is 165 Å². The summed E-state index contributed by atoms with van der Waals surface area (Å²) >= 11 is 0. The summed E-state index contributed by atoms with van der Waals surface area (Å²) in [5.41, 5.74) is 1.75. The molecule has 0 aliphatic heterocycles. The fourth-order valence-electron chi connectivity index (χ4n) is 13.7. The number of carbonyl (C=O) groups is 6. The number of hydrogen-bond acceptors (Lipinski definition) is 6. The van der Waals surface area contributed by atoms with E-state index in [0.717, 1.165) is 147 Å². The van der Waals surface area contributed by atoms with Gasteiger partial charge in [-0.25, -0.2) is 28.8 Å². The molecule has 0 fully saturated rings. The van der Waals surface area contributed by atoms with E-state index in [-0.39, 0.29) is 33.4 Å². The van der Waals surface area contributed by atoms with Gasteiger partial charge in [-0.15, -0.1) is 0 Å². The molecule has 0 aliphatic carbocycles. The number of aromatic carboxylic acids is 6. The van der Waals surface area contributed by atoms with Crippen LogP contribution in [-0.4, -0.2) is 66.5 Å². The van der Waals surface area contributed by atoms with Gasteiger partial charge in [-0.3, -0.25) is 0 Å². The third-order valence-corrected chi connectivity index (χ3v) is 16.6. The van der Waals surface area contributed by atoms with Gasteiger partial charge in [0.1, 0.15) is 0 Å². The lowest BCUT2D eigenvalue weighted by Crippen LogP contribution is -2.04. The molecule has 0 spiro atoms. The minimum absolute atomic E-state index is 0.191. The van der Waals surface area contributed by atoms with Gasteiger partial charge in [0, 0.05) is 0 Å². The van der Waals surface area contributed by atoms with Crippen LogP contribution in [0.2, 0.25) is 0 Å². The Morgan fingerprint density at radius 3 is 0.513 bits per heavy atom. The number of benzene rings is 16. The Bertz CT molecular complexity index is 4690. The first kappa shape index (κ1) is 43.4. The van der Waals surface area contributed by atoms with Crippen molar-refractivity contribution in [2.45, 2.75) is 0 Å². The van der Waals surface area contributed by atoms with Gasteiger partial charge >= 0.3 is 35.8 Å². The largest absolute Gasteiger partial charge is 0.478 e. The standard InChI is InChI=1S/C66H30O12/c67-61(68)31-10-25(11-32(16-31)62(69)70)28-19-43-37-4-1-5-38-44-20-29(26-12-33(63(71)72)17-34(13-26)64(73)74)22-46-40-7-3-9-42-48-24-30(27-14-35(65(75)76)18-36(15-27)66(77)78)23-47-41-8-2-6-39-45(21-28)52(43)58-55(49(37)38)59(53(44)46)57(51(40)42)60(54(47)48)56(58)50(39)41/h1-24H,(H,67,68)(H,69,70)(H,71,72)(H,73,74)(H,75,76)(H,77,78). The van der Waals surface area contributed by atoms with E-state index >= 15 is 0 Å². The average molecular weight is 1010 g/mol. The molecule has 16 aromatic rings. The van der Waals surface area contributed by atoms with Gasteiger partial charge in [-0.05, 0) is 254 Å². The van der Waals surface area contributed by atoms with Gasteiger partial charge < -0.3 is 30.6 Å². The van der Waals surface area contributed by atoms with E-state index in [4.69, 9.17) is 0 Å². The normalized spacial score (nSPS) is 12.5. The molecule has 0 unspecified atom stereocenters. The minimum atomic E-state index is -1.28. The predicted molar refractivity (Wildman–Crippen MR) is 302 cm³/mol. The Labute approximate surface area is 435 Å². The molecule has 78 heavy (non-hydrogen) atoms. The summed E-state index contributed by atoms with van der Waals surface area (Å²) in [5, 5.41) is 83.7. The molecule has 12 heteroatoms. The summed E-state index contributed by atoms with van der Waals surface area (Å²) in [7, 11) is 0. The zero-order valence-electron chi connectivity index (χ0n) is 40.0. The highest BCUT2D eigenvalue weighted by Gasteiger charge is 2.33. The second kappa shape index (κ2) is 14.4. The van der Waals surface area contributed by atoms with E-state index in [1.54, 1.807) is 0 Å². The van der Waals surface area contributed by atoms with E-state index in [1.165, 1.54) is 36.4 Å².